The van der Waals surface area contributed by atoms with Gasteiger partial charge < -0.3 is 4.74 Å². The first kappa shape index (κ1) is 10.7. The van der Waals surface area contributed by atoms with Crippen LogP contribution in [0.5, 0.6) is 0 Å². The number of hydrogen-bond donors (Lipinski definition) is 0. The summed E-state index contributed by atoms with van der Waals surface area (Å²) >= 11 is 6.89. The van der Waals surface area contributed by atoms with Crippen LogP contribution in [0.1, 0.15) is 17.7 Å². The maximum Gasteiger partial charge on any atom is 0.317 e. The average Bonchev–Trinajstić information content (AvgIpc) is 2.87. The van der Waals surface area contributed by atoms with Gasteiger partial charge in [0.25, 0.3) is 0 Å². The van der Waals surface area contributed by atoms with Crippen molar-refractivity contribution < 1.29 is 9.53 Å². The van der Waals surface area contributed by atoms with E-state index < -0.39 is 0 Å². The highest BCUT2D eigenvalue weighted by Crippen LogP contribution is 2.53. The molecule has 84 valence electrons. The number of thiophene rings is 2. The smallest absolute Gasteiger partial charge is 0.317 e. The highest BCUT2D eigenvalue weighted by atomic mass is 79.9. The Bertz CT molecular complexity index is 534. The molecule has 1 saturated carbocycles. The van der Waals surface area contributed by atoms with E-state index in [1.165, 1.54) is 16.5 Å². The molecule has 0 radical (unpaired) electrons. The van der Waals surface area contributed by atoms with Crippen molar-refractivity contribution in [2.75, 3.05) is 7.11 Å². The molecule has 0 aromatic carbocycles. The molecule has 5 heteroatoms. The summed E-state index contributed by atoms with van der Waals surface area (Å²) in [6.45, 7) is 0. The molecule has 2 aromatic heterocycles. The fourth-order valence-corrected chi connectivity index (χ4v) is 5.17. The quantitative estimate of drug-likeness (QED) is 0.785. The number of hydrogen-bond acceptors (Lipinski definition) is 4. The zero-order chi connectivity index (χ0) is 11.3. The topological polar surface area (TPSA) is 26.3 Å². The van der Waals surface area contributed by atoms with Crippen molar-refractivity contribution in [2.24, 2.45) is 0 Å². The molecule has 1 aliphatic rings. The fourth-order valence-electron chi connectivity index (χ4n) is 1.91. The van der Waals surface area contributed by atoms with Gasteiger partial charge in [-0.1, -0.05) is 0 Å². The Labute approximate surface area is 109 Å². The van der Waals surface area contributed by atoms with Crippen LogP contribution in [0.3, 0.4) is 0 Å². The van der Waals surface area contributed by atoms with Gasteiger partial charge in [0.05, 0.1) is 10.9 Å². The highest BCUT2D eigenvalue weighted by Gasteiger charge is 2.53. The summed E-state index contributed by atoms with van der Waals surface area (Å²) < 4.78 is 8.54. The standard InChI is InChI=1S/C11H9BrO2S2/c1-14-10(13)11(2-3-11)8-4-6-7(15-8)5-9(12)16-6/h4-5H,2-3H2,1H3. The molecule has 0 spiro atoms. The first-order valence-corrected chi connectivity index (χ1v) is 7.36. The average molecular weight is 317 g/mol. The number of rotatable bonds is 2. The predicted octanol–water partition coefficient (Wildman–Crippen LogP) is 3.93. The van der Waals surface area contributed by atoms with Crippen LogP contribution < -0.4 is 0 Å². The molecule has 2 aromatic rings. The van der Waals surface area contributed by atoms with Crippen LogP contribution in [0.2, 0.25) is 0 Å². The summed E-state index contributed by atoms with van der Waals surface area (Å²) in [4.78, 5) is 12.9. The van der Waals surface area contributed by atoms with Crippen LogP contribution in [-0.4, -0.2) is 13.1 Å². The summed E-state index contributed by atoms with van der Waals surface area (Å²) in [5.41, 5.74) is -0.315. The van der Waals surface area contributed by atoms with E-state index in [1.807, 2.05) is 0 Å². The number of esters is 1. The van der Waals surface area contributed by atoms with Gasteiger partial charge in [-0.3, -0.25) is 4.79 Å². The maximum atomic E-state index is 11.7. The number of carbonyl (C=O) groups is 1. The molecule has 0 bridgehead atoms. The first-order valence-electron chi connectivity index (χ1n) is 4.93. The lowest BCUT2D eigenvalue weighted by atomic mass is 10.1. The van der Waals surface area contributed by atoms with Crippen molar-refractivity contribution in [2.45, 2.75) is 18.3 Å². The Morgan fingerprint density at radius 3 is 2.62 bits per heavy atom. The van der Waals surface area contributed by atoms with Crippen LogP contribution >= 0.6 is 38.6 Å². The molecule has 0 unspecified atom stereocenters. The molecule has 1 fully saturated rings. The zero-order valence-corrected chi connectivity index (χ0v) is 11.8. The van der Waals surface area contributed by atoms with E-state index in [2.05, 4.69) is 28.1 Å². The molecule has 0 aliphatic heterocycles. The number of fused-ring (bicyclic) bond motifs is 1. The van der Waals surface area contributed by atoms with E-state index in [1.54, 1.807) is 22.7 Å². The second-order valence-electron chi connectivity index (χ2n) is 3.96. The van der Waals surface area contributed by atoms with Crippen LogP contribution in [0, 0.1) is 0 Å². The fraction of sp³-hybridized carbons (Fsp3) is 0.364. The van der Waals surface area contributed by atoms with Gasteiger partial charge in [-0.15, -0.1) is 22.7 Å². The van der Waals surface area contributed by atoms with Crippen molar-refractivity contribution in [3.63, 3.8) is 0 Å². The summed E-state index contributed by atoms with van der Waals surface area (Å²) in [6.07, 6.45) is 1.85. The zero-order valence-electron chi connectivity index (χ0n) is 8.58. The minimum Gasteiger partial charge on any atom is -0.468 e. The molecule has 0 saturated heterocycles. The van der Waals surface area contributed by atoms with Crippen LogP contribution in [0.25, 0.3) is 9.40 Å². The normalized spacial score (nSPS) is 17.6. The van der Waals surface area contributed by atoms with Gasteiger partial charge in [0, 0.05) is 14.3 Å². The van der Waals surface area contributed by atoms with E-state index >= 15 is 0 Å². The number of halogens is 1. The third kappa shape index (κ3) is 1.45. The first-order chi connectivity index (χ1) is 7.65. The van der Waals surface area contributed by atoms with Crippen molar-refractivity contribution in [3.05, 3.63) is 20.8 Å². The second-order valence-corrected chi connectivity index (χ2v) is 7.51. The third-order valence-corrected chi connectivity index (χ3v) is 5.98. The van der Waals surface area contributed by atoms with Gasteiger partial charge in [0.15, 0.2) is 0 Å². The van der Waals surface area contributed by atoms with E-state index in [4.69, 9.17) is 4.74 Å². The molecule has 0 N–H and O–H groups in total. The highest BCUT2D eigenvalue weighted by molar-refractivity contribution is 9.11. The lowest BCUT2D eigenvalue weighted by Gasteiger charge is -2.09. The molecular formula is C11H9BrO2S2. The lowest BCUT2D eigenvalue weighted by molar-refractivity contribution is -0.143. The van der Waals surface area contributed by atoms with Crippen LogP contribution in [-0.2, 0) is 14.9 Å². The molecular weight excluding hydrogens is 308 g/mol. The Hall–Kier alpha value is -0.390. The van der Waals surface area contributed by atoms with Gasteiger partial charge in [0.1, 0.15) is 5.41 Å². The van der Waals surface area contributed by atoms with E-state index in [0.29, 0.717) is 0 Å². The third-order valence-electron chi connectivity index (χ3n) is 2.97. The minimum absolute atomic E-state index is 0.0829. The molecule has 2 nitrogen and oxygen atoms in total. The number of carbonyl (C=O) groups excluding carboxylic acids is 1. The van der Waals surface area contributed by atoms with Gasteiger partial charge >= 0.3 is 5.97 Å². The van der Waals surface area contributed by atoms with E-state index in [-0.39, 0.29) is 11.4 Å². The largest absolute Gasteiger partial charge is 0.468 e. The maximum absolute atomic E-state index is 11.7. The molecule has 0 atom stereocenters. The monoisotopic (exact) mass is 316 g/mol. The summed E-state index contributed by atoms with van der Waals surface area (Å²) in [5.74, 6) is -0.0829. The number of ether oxygens (including phenoxy) is 1. The van der Waals surface area contributed by atoms with Crippen molar-refractivity contribution in [1.29, 1.82) is 0 Å². The Balaban J connectivity index is 2.06. The lowest BCUT2D eigenvalue weighted by Crippen LogP contribution is -2.20. The Morgan fingerprint density at radius 1 is 1.38 bits per heavy atom. The van der Waals surface area contributed by atoms with E-state index in [9.17, 15) is 4.79 Å². The molecule has 3 rings (SSSR count). The molecule has 1 aliphatic carbocycles. The summed E-state index contributed by atoms with van der Waals surface area (Å²) in [5, 5.41) is 0. The summed E-state index contributed by atoms with van der Waals surface area (Å²) in [6, 6.07) is 4.25. The van der Waals surface area contributed by atoms with Crippen molar-refractivity contribution in [3.8, 4) is 0 Å². The van der Waals surface area contributed by atoms with Crippen molar-refractivity contribution in [1.82, 2.24) is 0 Å². The van der Waals surface area contributed by atoms with Gasteiger partial charge in [-0.2, -0.15) is 0 Å². The van der Waals surface area contributed by atoms with Gasteiger partial charge in [-0.25, -0.2) is 0 Å². The van der Waals surface area contributed by atoms with Gasteiger partial charge in [-0.05, 0) is 40.9 Å². The van der Waals surface area contributed by atoms with Gasteiger partial charge in [0.2, 0.25) is 0 Å². The SMILES string of the molecule is COC(=O)C1(c2cc3sc(Br)cc3s2)CC1. The number of methoxy groups -OCH3 is 1. The molecule has 0 amide bonds. The minimum atomic E-state index is -0.315. The molecule has 16 heavy (non-hydrogen) atoms. The predicted molar refractivity (Wildman–Crippen MR) is 70.3 cm³/mol. The Morgan fingerprint density at radius 2 is 2.06 bits per heavy atom. The van der Waals surface area contributed by atoms with Crippen molar-refractivity contribution >= 4 is 54.0 Å². The molecule has 2 heterocycles. The second kappa shape index (κ2) is 3.55. The Kier molecular flexibility index (Phi) is 2.38. The van der Waals surface area contributed by atoms with Crippen LogP contribution in [0.15, 0.2) is 15.9 Å². The summed E-state index contributed by atoms with van der Waals surface area (Å²) in [7, 11) is 1.47. The van der Waals surface area contributed by atoms with Crippen LogP contribution in [0.4, 0.5) is 0 Å². The van der Waals surface area contributed by atoms with E-state index in [0.717, 1.165) is 21.5 Å².